The number of thiocyanates is 1. The predicted octanol–water partition coefficient (Wildman–Crippen LogP) is 3.81. The molecule has 0 aliphatic heterocycles. The number of aldehydes is 1. The molecule has 0 radical (unpaired) electrons. The lowest BCUT2D eigenvalue weighted by atomic mass is 10.2. The Morgan fingerprint density at radius 2 is 1.29 bits per heavy atom. The first-order valence-corrected chi connectivity index (χ1v) is 18.7. The third-order valence-electron chi connectivity index (χ3n) is 7.16. The zero-order valence-electron chi connectivity index (χ0n) is 30.3. The number of anilines is 1. The minimum Gasteiger partial charge on any atom is -0.362 e. The molecule has 0 heterocycles. The van der Waals surface area contributed by atoms with Gasteiger partial charge in [-0.1, -0.05) is 6.42 Å². The van der Waals surface area contributed by atoms with Crippen molar-refractivity contribution in [3.8, 4) is 5.40 Å². The molecule has 1 aromatic carbocycles. The van der Waals surface area contributed by atoms with E-state index in [-0.39, 0.29) is 49.9 Å². The molecular weight excluding hydrogens is 713 g/mol. The summed E-state index contributed by atoms with van der Waals surface area (Å²) < 4.78 is 0. The molecule has 0 atom stereocenters. The van der Waals surface area contributed by atoms with Gasteiger partial charge < -0.3 is 31.3 Å². The van der Waals surface area contributed by atoms with Gasteiger partial charge in [-0.3, -0.25) is 29.6 Å². The van der Waals surface area contributed by atoms with Crippen LogP contribution in [0.15, 0.2) is 29.2 Å². The van der Waals surface area contributed by atoms with Crippen molar-refractivity contribution in [2.24, 2.45) is 0 Å². The van der Waals surface area contributed by atoms with E-state index >= 15 is 0 Å². The molecule has 0 fully saturated rings. The molecule has 1 rings (SSSR count). The minimum atomic E-state index is -0.464. The number of hydrogen-bond acceptors (Lipinski definition) is 12. The number of thiocarbonyl (C=S) groups is 1. The third-order valence-corrected chi connectivity index (χ3v) is 8.01. The summed E-state index contributed by atoms with van der Waals surface area (Å²) in [6, 6.07) is 7.39. The largest absolute Gasteiger partial charge is 0.362 e. The molecule has 7 N–H and O–H groups in total. The van der Waals surface area contributed by atoms with Gasteiger partial charge in [0.1, 0.15) is 11.7 Å². The van der Waals surface area contributed by atoms with Crippen molar-refractivity contribution in [2.75, 3.05) is 51.6 Å². The fourth-order valence-electron chi connectivity index (χ4n) is 4.26. The Morgan fingerprint density at radius 3 is 1.81 bits per heavy atom. The molecule has 0 saturated carbocycles. The van der Waals surface area contributed by atoms with E-state index in [4.69, 9.17) is 27.9 Å². The predicted molar refractivity (Wildman–Crippen MR) is 201 cm³/mol. The molecule has 16 nitrogen and oxygen atoms in total. The van der Waals surface area contributed by atoms with E-state index in [0.29, 0.717) is 60.8 Å². The van der Waals surface area contributed by atoms with Crippen molar-refractivity contribution in [3.05, 3.63) is 24.3 Å². The number of hydrogen-bond donors (Lipinski definition) is 7. The average Bonchev–Trinajstić information content (AvgIpc) is 3.11. The SMILES string of the molecule is CC(=O)N(O)CCCCCNC(=O)CCC=O.CN(O)CCCCCNC(=O)CCC(=O)N(O)CCCCCNC(=S)Nc1ccc(SC#N)cc1. The Labute approximate surface area is 316 Å². The second-order valence-corrected chi connectivity index (χ2v) is 13.0. The number of benzene rings is 1. The number of carbonyl (C=O) groups excluding carboxylic acids is 5. The smallest absolute Gasteiger partial charge is 0.246 e. The normalized spacial score (nSPS) is 10.2. The lowest BCUT2D eigenvalue weighted by molar-refractivity contribution is -0.166. The molecule has 292 valence electrons. The Bertz CT molecular complexity index is 1230. The molecule has 0 unspecified atom stereocenters. The van der Waals surface area contributed by atoms with E-state index in [1.54, 1.807) is 7.05 Å². The van der Waals surface area contributed by atoms with Crippen LogP contribution < -0.4 is 21.3 Å². The van der Waals surface area contributed by atoms with Crippen molar-refractivity contribution >= 4 is 64.7 Å². The van der Waals surface area contributed by atoms with E-state index in [0.717, 1.165) is 78.6 Å². The Balaban J connectivity index is 0.00000128. The zero-order valence-corrected chi connectivity index (χ0v) is 31.9. The van der Waals surface area contributed by atoms with Gasteiger partial charge in [-0.2, -0.15) is 10.3 Å². The summed E-state index contributed by atoms with van der Waals surface area (Å²) in [5, 5.41) is 53.3. The highest BCUT2D eigenvalue weighted by atomic mass is 32.2. The lowest BCUT2D eigenvalue weighted by Crippen LogP contribution is -2.31. The van der Waals surface area contributed by atoms with Gasteiger partial charge in [0.05, 0.1) is 0 Å². The van der Waals surface area contributed by atoms with E-state index < -0.39 is 5.91 Å². The molecule has 18 heteroatoms. The molecule has 0 aromatic heterocycles. The second kappa shape index (κ2) is 31.8. The monoisotopic (exact) mass is 768 g/mol. The Hall–Kier alpha value is -3.86. The molecule has 0 spiro atoms. The number of amides is 4. The van der Waals surface area contributed by atoms with Crippen LogP contribution in [0.5, 0.6) is 0 Å². The number of hydroxylamine groups is 6. The first-order valence-electron chi connectivity index (χ1n) is 17.4. The van der Waals surface area contributed by atoms with Gasteiger partial charge >= 0.3 is 0 Å². The third kappa shape index (κ3) is 28.8. The standard InChI is InChI=1S/C23H36N6O4S2.C11H20N2O4/c1-28(32)16-6-2-4-14-25-21(30)12-13-22(31)29(33)17-7-3-5-15-26-23(34)27-19-8-10-20(11-9-19)35-18-24;1-10(15)13(17)8-4-2-3-7-12-11(16)6-5-9-14/h8-11,32-33H,2-7,12-17H2,1H3,(H,25,30)(H2,26,27,34);9,17H,2-8H2,1H3,(H,12,16). The summed E-state index contributed by atoms with van der Waals surface area (Å²) in [5.41, 5.74) is 0.832. The van der Waals surface area contributed by atoms with Gasteiger partial charge in [0.2, 0.25) is 23.6 Å². The highest BCUT2D eigenvalue weighted by Gasteiger charge is 2.13. The summed E-state index contributed by atoms with van der Waals surface area (Å²) in [6.45, 7) is 4.17. The van der Waals surface area contributed by atoms with Crippen molar-refractivity contribution < 1.29 is 39.6 Å². The molecular formula is C34H56N8O8S2. The highest BCUT2D eigenvalue weighted by Crippen LogP contribution is 2.18. The first kappa shape index (κ1) is 48.1. The molecule has 4 amide bonds. The van der Waals surface area contributed by atoms with Gasteiger partial charge in [-0.25, -0.2) is 10.1 Å². The summed E-state index contributed by atoms with van der Waals surface area (Å²) in [7, 11) is 1.59. The second-order valence-electron chi connectivity index (χ2n) is 11.7. The fraction of sp³-hybridized carbons (Fsp3) is 0.618. The van der Waals surface area contributed by atoms with E-state index in [1.165, 1.54) is 6.92 Å². The van der Waals surface area contributed by atoms with Gasteiger partial charge in [-0.15, -0.1) is 0 Å². The lowest BCUT2D eigenvalue weighted by Gasteiger charge is -2.15. The molecule has 0 aliphatic carbocycles. The fourth-order valence-corrected chi connectivity index (χ4v) is 4.86. The number of rotatable bonds is 26. The van der Waals surface area contributed by atoms with Crippen molar-refractivity contribution in [1.29, 1.82) is 5.26 Å². The summed E-state index contributed by atoms with van der Waals surface area (Å²) in [4.78, 5) is 56.4. The van der Waals surface area contributed by atoms with Crippen molar-refractivity contribution in [3.63, 3.8) is 0 Å². The summed E-state index contributed by atoms with van der Waals surface area (Å²) in [6.07, 6.45) is 8.33. The van der Waals surface area contributed by atoms with Crippen LogP contribution in [0.3, 0.4) is 0 Å². The molecule has 52 heavy (non-hydrogen) atoms. The summed E-state index contributed by atoms with van der Waals surface area (Å²) >= 11 is 6.36. The maximum absolute atomic E-state index is 12.0. The quantitative estimate of drug-likeness (QED) is 0.0135. The van der Waals surface area contributed by atoms with Crippen LogP contribution in [0.4, 0.5) is 5.69 Å². The van der Waals surface area contributed by atoms with Crippen LogP contribution in [-0.2, 0) is 24.0 Å². The molecule has 0 bridgehead atoms. The molecule has 0 saturated heterocycles. The van der Waals surface area contributed by atoms with Gasteiger partial charge in [0, 0.05) is 89.5 Å². The number of unbranched alkanes of at least 4 members (excludes halogenated alkanes) is 6. The Kier molecular flexibility index (Phi) is 29.5. The zero-order chi connectivity index (χ0) is 39.0. The van der Waals surface area contributed by atoms with Crippen LogP contribution >= 0.6 is 24.0 Å². The van der Waals surface area contributed by atoms with Crippen LogP contribution in [0.25, 0.3) is 0 Å². The van der Waals surface area contributed by atoms with E-state index in [1.807, 2.05) is 29.7 Å². The van der Waals surface area contributed by atoms with Gasteiger partial charge in [-0.05, 0) is 99.6 Å². The van der Waals surface area contributed by atoms with E-state index in [2.05, 4.69) is 21.3 Å². The maximum atomic E-state index is 12.0. The highest BCUT2D eigenvalue weighted by molar-refractivity contribution is 8.03. The average molecular weight is 769 g/mol. The topological polar surface area (TPSA) is 228 Å². The van der Waals surface area contributed by atoms with Crippen LogP contribution in [0.1, 0.15) is 90.4 Å². The Morgan fingerprint density at radius 1 is 0.769 bits per heavy atom. The van der Waals surface area contributed by atoms with Crippen LogP contribution in [0, 0.1) is 10.7 Å². The van der Waals surface area contributed by atoms with Crippen LogP contribution in [0.2, 0.25) is 0 Å². The summed E-state index contributed by atoms with van der Waals surface area (Å²) in [5.74, 6) is -1.16. The first-order chi connectivity index (χ1) is 24.9. The van der Waals surface area contributed by atoms with E-state index in [9.17, 15) is 29.2 Å². The number of thioether (sulfide) groups is 1. The molecule has 1 aromatic rings. The number of nitrogens with one attached hydrogen (secondary N) is 4. The number of nitriles is 1. The van der Waals surface area contributed by atoms with Gasteiger partial charge in [0.25, 0.3) is 0 Å². The number of nitrogens with zero attached hydrogens (tertiary/aromatic N) is 4. The maximum Gasteiger partial charge on any atom is 0.246 e. The van der Waals surface area contributed by atoms with Crippen molar-refractivity contribution in [1.82, 2.24) is 31.1 Å². The van der Waals surface area contributed by atoms with Crippen LogP contribution in [-0.4, -0.2) is 112 Å². The number of carbonyl (C=O) groups is 5. The van der Waals surface area contributed by atoms with Gasteiger partial charge in [0.15, 0.2) is 5.11 Å². The minimum absolute atomic E-state index is 0.0324. The molecule has 0 aliphatic rings. The van der Waals surface area contributed by atoms with Crippen molar-refractivity contribution in [2.45, 2.75) is 95.3 Å².